The molecule has 1 unspecified atom stereocenters. The van der Waals surface area contributed by atoms with E-state index >= 15 is 0 Å². The molecule has 15 heteroatoms. The highest BCUT2D eigenvalue weighted by Gasteiger charge is 2.29. The zero-order valence-electron chi connectivity index (χ0n) is 23.8. The fraction of sp³-hybridized carbons (Fsp3) is 0.407. The van der Waals surface area contributed by atoms with Crippen LogP contribution >= 0.6 is 11.3 Å². The maximum Gasteiger partial charge on any atom is 0.332 e. The van der Waals surface area contributed by atoms with Gasteiger partial charge in [0.2, 0.25) is 11.8 Å². The number of fused-ring (bicyclic) bond motifs is 1. The highest BCUT2D eigenvalue weighted by Crippen LogP contribution is 2.34. The molecule has 0 aliphatic carbocycles. The van der Waals surface area contributed by atoms with Crippen LogP contribution < -0.4 is 27.0 Å². The number of nitrogens with two attached hydrogens (primary N) is 1. The lowest BCUT2D eigenvalue weighted by Crippen LogP contribution is -2.47. The molecule has 0 saturated heterocycles. The Morgan fingerprint density at radius 3 is 2.48 bits per heavy atom. The quantitative estimate of drug-likeness (QED) is 0.249. The smallest absolute Gasteiger partial charge is 0.332 e. The number of thiophene rings is 1. The zero-order valence-corrected chi connectivity index (χ0v) is 24.6. The van der Waals surface area contributed by atoms with Gasteiger partial charge in [-0.25, -0.2) is 13.8 Å². The first-order valence-electron chi connectivity index (χ1n) is 13.1. The van der Waals surface area contributed by atoms with Crippen LogP contribution in [0.15, 0.2) is 40.2 Å². The van der Waals surface area contributed by atoms with Gasteiger partial charge in [-0.3, -0.25) is 19.0 Å². The van der Waals surface area contributed by atoms with Gasteiger partial charge in [0.05, 0.1) is 38.0 Å². The summed E-state index contributed by atoms with van der Waals surface area (Å²) in [6.07, 6.45) is 1.81. The fourth-order valence-corrected chi connectivity index (χ4v) is 5.77. The third kappa shape index (κ3) is 6.11. The maximum atomic E-state index is 14.4. The summed E-state index contributed by atoms with van der Waals surface area (Å²) in [4.78, 5) is 54.0. The molecule has 3 N–H and O–H groups in total. The van der Waals surface area contributed by atoms with Crippen molar-refractivity contribution in [2.75, 3.05) is 13.7 Å². The second-order valence-corrected chi connectivity index (χ2v) is 10.9. The van der Waals surface area contributed by atoms with Crippen LogP contribution in [-0.2, 0) is 20.9 Å². The van der Waals surface area contributed by atoms with Crippen LogP contribution in [0, 0.1) is 12.7 Å². The van der Waals surface area contributed by atoms with E-state index in [4.69, 9.17) is 15.2 Å². The number of benzene rings is 1. The van der Waals surface area contributed by atoms with E-state index in [1.165, 1.54) is 54.0 Å². The Hall–Kier alpha value is -4.37. The van der Waals surface area contributed by atoms with Gasteiger partial charge >= 0.3 is 5.69 Å². The molecule has 42 heavy (non-hydrogen) atoms. The highest BCUT2D eigenvalue weighted by atomic mass is 32.1. The van der Waals surface area contributed by atoms with Crippen molar-refractivity contribution in [3.05, 3.63) is 68.4 Å². The first kappa shape index (κ1) is 30.6. The SMILES string of the molecule is COc1ccc(F)cc1[C@H](Cn1c(=O)n(C(C)C(=O)NC(C)C)c(=O)c2c(C)c(-n3nccn3)sc21)OCCC(N)=O. The van der Waals surface area contributed by atoms with Crippen molar-refractivity contribution in [2.45, 2.75) is 58.8 Å². The minimum absolute atomic E-state index is 0.127. The van der Waals surface area contributed by atoms with Crippen LogP contribution in [0.3, 0.4) is 0 Å². The molecule has 3 heterocycles. The second kappa shape index (κ2) is 12.7. The van der Waals surface area contributed by atoms with Crippen molar-refractivity contribution in [1.29, 1.82) is 0 Å². The lowest BCUT2D eigenvalue weighted by atomic mass is 10.1. The lowest BCUT2D eigenvalue weighted by molar-refractivity contribution is -0.124. The van der Waals surface area contributed by atoms with Crippen LogP contribution in [0.1, 0.15) is 50.5 Å². The van der Waals surface area contributed by atoms with Crippen LogP contribution in [-0.4, -0.2) is 55.7 Å². The van der Waals surface area contributed by atoms with E-state index < -0.39 is 41.0 Å². The number of ether oxygens (including phenoxy) is 2. The summed E-state index contributed by atoms with van der Waals surface area (Å²) in [6.45, 7) is 6.34. The first-order valence-corrected chi connectivity index (χ1v) is 13.9. The molecule has 224 valence electrons. The molecule has 2 amide bonds. The number of nitrogens with one attached hydrogen (secondary N) is 1. The molecule has 2 atom stereocenters. The molecule has 4 aromatic rings. The van der Waals surface area contributed by atoms with Gasteiger partial charge in [-0.1, -0.05) is 11.3 Å². The molecule has 0 bridgehead atoms. The summed E-state index contributed by atoms with van der Waals surface area (Å²) in [5.41, 5.74) is 4.64. The summed E-state index contributed by atoms with van der Waals surface area (Å²) in [6, 6.07) is 2.46. The standard InChI is InChI=1S/C27H32FN7O6S/c1-14(2)32-23(37)16(4)34-24(38)22-15(3)25(35-30-9-10-31-35)42-26(22)33(27(34)39)13-20(41-11-8-21(29)36)18-12-17(28)6-7-19(18)40-5/h6-7,9-10,12,14,16,20H,8,11,13H2,1-5H3,(H2,29,36)(H,32,37)/t16?,20-/m0/s1. The molecule has 0 aliphatic rings. The van der Waals surface area contributed by atoms with Crippen LogP contribution in [0.4, 0.5) is 4.39 Å². The molecule has 3 aromatic heterocycles. The van der Waals surface area contributed by atoms with Crippen molar-refractivity contribution >= 4 is 33.4 Å². The van der Waals surface area contributed by atoms with E-state index in [0.717, 1.165) is 15.9 Å². The second-order valence-electron chi connectivity index (χ2n) is 9.90. The number of aromatic nitrogens is 5. The van der Waals surface area contributed by atoms with Crippen LogP contribution in [0.25, 0.3) is 15.2 Å². The normalized spacial score (nSPS) is 12.9. The number of hydrogen-bond acceptors (Lipinski definition) is 9. The zero-order chi connectivity index (χ0) is 30.7. The lowest BCUT2D eigenvalue weighted by Gasteiger charge is -2.23. The Bertz CT molecular complexity index is 1730. The largest absolute Gasteiger partial charge is 0.496 e. The number of nitrogens with zero attached hydrogens (tertiary/aromatic N) is 5. The number of halogens is 1. The number of amides is 2. The Kier molecular flexibility index (Phi) is 9.21. The van der Waals surface area contributed by atoms with Gasteiger partial charge in [0.1, 0.15) is 33.5 Å². The average Bonchev–Trinajstić information content (AvgIpc) is 3.57. The van der Waals surface area contributed by atoms with E-state index in [1.807, 2.05) is 0 Å². The van der Waals surface area contributed by atoms with Gasteiger partial charge < -0.3 is 20.5 Å². The number of methoxy groups -OCH3 is 1. The van der Waals surface area contributed by atoms with Gasteiger partial charge in [-0.2, -0.15) is 10.2 Å². The molecular formula is C27H32FN7O6S. The molecule has 4 rings (SSSR count). The maximum absolute atomic E-state index is 14.4. The number of carbonyl (C=O) groups excluding carboxylic acids is 2. The molecule has 0 spiro atoms. The van der Waals surface area contributed by atoms with Crippen molar-refractivity contribution in [2.24, 2.45) is 5.73 Å². The average molecular weight is 602 g/mol. The molecule has 1 aromatic carbocycles. The molecule has 0 aliphatic heterocycles. The number of aryl methyl sites for hydroxylation is 1. The Morgan fingerprint density at radius 2 is 1.86 bits per heavy atom. The van der Waals surface area contributed by atoms with Crippen molar-refractivity contribution in [1.82, 2.24) is 29.4 Å². The van der Waals surface area contributed by atoms with Gasteiger partial charge in [0.15, 0.2) is 0 Å². The Morgan fingerprint density at radius 1 is 1.17 bits per heavy atom. The molecular weight excluding hydrogens is 569 g/mol. The van der Waals surface area contributed by atoms with Crippen molar-refractivity contribution in [3.8, 4) is 10.8 Å². The summed E-state index contributed by atoms with van der Waals surface area (Å²) < 4.78 is 28.1. The van der Waals surface area contributed by atoms with E-state index in [-0.39, 0.29) is 47.1 Å². The van der Waals surface area contributed by atoms with Crippen LogP contribution in [0.2, 0.25) is 0 Å². The third-order valence-corrected chi connectivity index (χ3v) is 7.85. The van der Waals surface area contributed by atoms with E-state index in [2.05, 4.69) is 15.5 Å². The topological polar surface area (TPSA) is 165 Å². The number of rotatable bonds is 12. The fourth-order valence-electron chi connectivity index (χ4n) is 4.55. The van der Waals surface area contributed by atoms with E-state index in [9.17, 15) is 23.6 Å². The first-order chi connectivity index (χ1) is 19.9. The van der Waals surface area contributed by atoms with Gasteiger partial charge in [0.25, 0.3) is 5.56 Å². The Balaban J connectivity index is 1.98. The number of carbonyl (C=O) groups is 2. The Labute approximate surface area is 243 Å². The predicted octanol–water partition coefficient (Wildman–Crippen LogP) is 1.98. The highest BCUT2D eigenvalue weighted by molar-refractivity contribution is 7.21. The predicted molar refractivity (Wildman–Crippen MR) is 153 cm³/mol. The summed E-state index contributed by atoms with van der Waals surface area (Å²) >= 11 is 1.11. The molecule has 0 radical (unpaired) electrons. The van der Waals surface area contributed by atoms with Gasteiger partial charge in [0, 0.05) is 23.6 Å². The molecule has 0 saturated carbocycles. The van der Waals surface area contributed by atoms with Gasteiger partial charge in [-0.15, -0.1) is 4.80 Å². The molecule has 0 fully saturated rings. The minimum Gasteiger partial charge on any atom is -0.496 e. The van der Waals surface area contributed by atoms with Crippen molar-refractivity contribution in [3.63, 3.8) is 0 Å². The van der Waals surface area contributed by atoms with E-state index in [1.54, 1.807) is 20.8 Å². The summed E-state index contributed by atoms with van der Waals surface area (Å²) in [5.74, 6) is -1.41. The number of hydrogen-bond donors (Lipinski definition) is 2. The van der Waals surface area contributed by atoms with E-state index in [0.29, 0.717) is 10.6 Å². The van der Waals surface area contributed by atoms with Crippen LogP contribution in [0.5, 0.6) is 5.75 Å². The monoisotopic (exact) mass is 601 g/mol. The number of primary amides is 1. The third-order valence-electron chi connectivity index (χ3n) is 6.57. The van der Waals surface area contributed by atoms with Crippen molar-refractivity contribution < 1.29 is 23.5 Å². The summed E-state index contributed by atoms with van der Waals surface area (Å²) in [7, 11) is 1.41. The summed E-state index contributed by atoms with van der Waals surface area (Å²) in [5, 5.41) is 11.8. The van der Waals surface area contributed by atoms with Gasteiger partial charge in [-0.05, 0) is 45.9 Å². The minimum atomic E-state index is -1.16. The molecule has 13 nitrogen and oxygen atoms in total.